The number of benzene rings is 3. The molecule has 266 valence electrons. The van der Waals surface area contributed by atoms with Gasteiger partial charge in [-0.1, -0.05) is 85.7 Å². The zero-order valence-electron chi connectivity index (χ0n) is 29.5. The Labute approximate surface area is 301 Å². The van der Waals surface area contributed by atoms with Crippen LogP contribution in [0.25, 0.3) is 6.08 Å². The largest absolute Gasteiger partial charge is 0.508 e. The Morgan fingerprint density at radius 1 is 0.941 bits per heavy atom. The van der Waals surface area contributed by atoms with Crippen molar-refractivity contribution in [3.05, 3.63) is 113 Å². The molecule has 1 aliphatic carbocycles. The van der Waals surface area contributed by atoms with Crippen molar-refractivity contribution >= 4 is 25.0 Å². The fraction of sp³-hybridized carbons (Fsp3) is 0.429. The Kier molecular flexibility index (Phi) is 11.1. The summed E-state index contributed by atoms with van der Waals surface area (Å²) in [6, 6.07) is 27.2. The van der Waals surface area contributed by atoms with Gasteiger partial charge in [0.05, 0.1) is 17.9 Å². The maximum absolute atomic E-state index is 14.4. The van der Waals surface area contributed by atoms with Gasteiger partial charge in [0.25, 0.3) is 0 Å². The highest BCUT2D eigenvalue weighted by Gasteiger charge is 2.58. The van der Waals surface area contributed by atoms with Gasteiger partial charge >= 0.3 is 7.12 Å². The minimum atomic E-state index is -1.03. The van der Waals surface area contributed by atoms with Crippen LogP contribution in [0.4, 0.5) is 0 Å². The number of amides is 2. The van der Waals surface area contributed by atoms with Crippen LogP contribution >= 0.6 is 0 Å². The molecule has 0 aromatic heterocycles. The summed E-state index contributed by atoms with van der Waals surface area (Å²) >= 11 is 0. The summed E-state index contributed by atoms with van der Waals surface area (Å²) in [5.41, 5.74) is 5.49. The van der Waals surface area contributed by atoms with Gasteiger partial charge in [0, 0.05) is 25.7 Å². The number of para-hydroxylation sites is 1. The molecule has 0 bridgehead atoms. The van der Waals surface area contributed by atoms with Gasteiger partial charge in [-0.3, -0.25) is 19.4 Å². The Morgan fingerprint density at radius 3 is 2.41 bits per heavy atom. The van der Waals surface area contributed by atoms with E-state index >= 15 is 0 Å². The molecule has 3 fully saturated rings. The van der Waals surface area contributed by atoms with Crippen LogP contribution in [0, 0.1) is 17.8 Å². The summed E-state index contributed by atoms with van der Waals surface area (Å²) in [6.07, 6.45) is 7.22. The fourth-order valence-electron chi connectivity index (χ4n) is 8.90. The normalized spacial score (nSPS) is 24.5. The summed E-state index contributed by atoms with van der Waals surface area (Å²) in [7, 11) is -1.03. The number of fused-ring (bicyclic) bond motifs is 3. The van der Waals surface area contributed by atoms with Crippen LogP contribution in [-0.4, -0.2) is 70.7 Å². The third kappa shape index (κ3) is 8.01. The first-order valence-corrected chi connectivity index (χ1v) is 18.7. The molecule has 9 heteroatoms. The summed E-state index contributed by atoms with van der Waals surface area (Å²) in [4.78, 5) is 32.7. The number of allylic oxidation sites excluding steroid dienone is 1. The smallest absolute Gasteiger partial charge is 0.455 e. The van der Waals surface area contributed by atoms with Crippen molar-refractivity contribution in [1.29, 1.82) is 0 Å². The molecule has 0 radical (unpaired) electrons. The molecule has 4 aliphatic rings. The lowest BCUT2D eigenvalue weighted by molar-refractivity contribution is -0.144. The molecule has 2 amide bonds. The number of nitrogens with zero attached hydrogens (tertiary/aromatic N) is 2. The van der Waals surface area contributed by atoms with Gasteiger partial charge < -0.3 is 19.5 Å². The van der Waals surface area contributed by atoms with Gasteiger partial charge in [-0.05, 0) is 97.3 Å². The maximum atomic E-state index is 14.4. The van der Waals surface area contributed by atoms with Crippen molar-refractivity contribution in [1.82, 2.24) is 9.80 Å². The molecule has 4 atom stereocenters. The van der Waals surface area contributed by atoms with Crippen molar-refractivity contribution in [3.63, 3.8) is 0 Å². The number of piperidine rings is 1. The first-order valence-electron chi connectivity index (χ1n) is 18.7. The van der Waals surface area contributed by atoms with Crippen LogP contribution in [0.3, 0.4) is 0 Å². The van der Waals surface area contributed by atoms with E-state index in [4.69, 9.17) is 9.39 Å². The lowest BCUT2D eigenvalue weighted by atomic mass is 9.58. The number of carbonyl (C=O) groups excluding carboxylic acids is 2. The number of aromatic hydroxyl groups is 1. The predicted molar refractivity (Wildman–Crippen MR) is 199 cm³/mol. The second kappa shape index (κ2) is 16.0. The average Bonchev–Trinajstić information content (AvgIpc) is 3.39. The SMILES string of the molecule is CCC/C(=C\c1cccc(O)c1)CC[C@H]1OB(O)C[C@H]2C1=C(COc1ccccc1)C[C@H]1C(=O)N(C3CCN(Cc4ccccc4)CC3)C(=O)[C@H]12. The zero-order chi connectivity index (χ0) is 35.3. The standard InChI is InChI=1S/C42H49BN2O6/c1-2-10-29(23-31-13-9-14-34(46)24-31)17-18-38-39-32(28-50-35-15-7-4-8-16-35)25-36-40(37(39)26-43(49)51-38)42(48)45(41(36)47)33-19-21-44(22-20-33)27-30-11-5-3-6-12-30/h3-9,11-16,23-24,33,36-38,40,46,49H,2,10,17-22,25-28H2,1H3/b29-23+/t36-,37+,38-,40-/m1/s1. The number of likely N-dealkylation sites (tertiary alicyclic amines) is 2. The van der Waals surface area contributed by atoms with E-state index in [1.807, 2.05) is 48.5 Å². The average molecular weight is 689 g/mol. The Hall–Kier alpha value is -4.18. The third-order valence-electron chi connectivity index (χ3n) is 11.2. The minimum Gasteiger partial charge on any atom is -0.508 e. The van der Waals surface area contributed by atoms with Gasteiger partial charge in [-0.15, -0.1) is 0 Å². The number of phenolic OH excluding ortho intramolecular Hbond substituents is 1. The van der Waals surface area contributed by atoms with Crippen LogP contribution in [0.1, 0.15) is 63.0 Å². The monoisotopic (exact) mass is 688 g/mol. The van der Waals surface area contributed by atoms with Gasteiger partial charge in [-0.25, -0.2) is 0 Å². The van der Waals surface area contributed by atoms with E-state index in [1.165, 1.54) is 11.1 Å². The summed E-state index contributed by atoms with van der Waals surface area (Å²) in [6.45, 7) is 4.98. The van der Waals surface area contributed by atoms with Crippen molar-refractivity contribution in [3.8, 4) is 11.5 Å². The molecule has 0 spiro atoms. The van der Waals surface area contributed by atoms with Crippen LogP contribution < -0.4 is 4.74 Å². The van der Waals surface area contributed by atoms with Crippen molar-refractivity contribution in [2.24, 2.45) is 17.8 Å². The molecule has 3 aromatic rings. The van der Waals surface area contributed by atoms with E-state index in [2.05, 4.69) is 42.2 Å². The second-order valence-corrected chi connectivity index (χ2v) is 14.6. The highest BCUT2D eigenvalue weighted by Crippen LogP contribution is 2.51. The number of imide groups is 1. The van der Waals surface area contributed by atoms with Crippen LogP contribution in [0.5, 0.6) is 11.5 Å². The molecule has 3 saturated heterocycles. The van der Waals surface area contributed by atoms with Crippen LogP contribution in [0.15, 0.2) is 102 Å². The number of hydrogen-bond donors (Lipinski definition) is 2. The molecule has 7 rings (SSSR count). The third-order valence-corrected chi connectivity index (χ3v) is 11.2. The van der Waals surface area contributed by atoms with Crippen LogP contribution in [-0.2, 0) is 20.8 Å². The number of ether oxygens (including phenoxy) is 1. The number of rotatable bonds is 12. The number of carbonyl (C=O) groups is 2. The van der Waals surface area contributed by atoms with Gasteiger partial charge in [0.15, 0.2) is 0 Å². The fourth-order valence-corrected chi connectivity index (χ4v) is 8.90. The molecule has 3 aromatic carbocycles. The zero-order valence-corrected chi connectivity index (χ0v) is 29.5. The lowest BCUT2D eigenvalue weighted by Crippen LogP contribution is -2.48. The molecule has 51 heavy (non-hydrogen) atoms. The summed E-state index contributed by atoms with van der Waals surface area (Å²) in [5, 5.41) is 21.2. The van der Waals surface area contributed by atoms with E-state index in [0.717, 1.165) is 74.2 Å². The van der Waals surface area contributed by atoms with E-state index in [1.54, 1.807) is 17.0 Å². The second-order valence-electron chi connectivity index (χ2n) is 14.6. The number of hydrogen-bond acceptors (Lipinski definition) is 7. The van der Waals surface area contributed by atoms with Gasteiger partial charge in [0.1, 0.15) is 18.1 Å². The van der Waals surface area contributed by atoms with Crippen molar-refractivity contribution in [2.45, 2.75) is 76.9 Å². The molecule has 0 unspecified atom stereocenters. The van der Waals surface area contributed by atoms with Crippen molar-refractivity contribution in [2.75, 3.05) is 19.7 Å². The predicted octanol–water partition coefficient (Wildman–Crippen LogP) is 6.90. The molecular weight excluding hydrogens is 639 g/mol. The maximum Gasteiger partial charge on any atom is 0.455 e. The highest BCUT2D eigenvalue weighted by atomic mass is 16.5. The van der Waals surface area contributed by atoms with Crippen molar-refractivity contribution < 1.29 is 29.1 Å². The molecule has 2 N–H and O–H groups in total. The van der Waals surface area contributed by atoms with Crippen LogP contribution in [0.2, 0.25) is 6.32 Å². The topological polar surface area (TPSA) is 99.5 Å². The van der Waals surface area contributed by atoms with E-state index in [-0.39, 0.29) is 35.8 Å². The first-order chi connectivity index (χ1) is 24.9. The first kappa shape index (κ1) is 35.2. The van der Waals surface area contributed by atoms with E-state index < -0.39 is 25.1 Å². The minimum absolute atomic E-state index is 0.0698. The Bertz CT molecular complexity index is 1740. The molecular formula is C42H49BN2O6. The molecule has 3 aliphatic heterocycles. The summed E-state index contributed by atoms with van der Waals surface area (Å²) < 4.78 is 12.6. The van der Waals surface area contributed by atoms with E-state index in [0.29, 0.717) is 19.4 Å². The van der Waals surface area contributed by atoms with Gasteiger partial charge in [-0.2, -0.15) is 0 Å². The summed E-state index contributed by atoms with van der Waals surface area (Å²) in [5.74, 6) is -0.441. The molecule has 0 saturated carbocycles. The molecule has 3 heterocycles. The quantitative estimate of drug-likeness (QED) is 0.121. The number of phenols is 1. The Balaban J connectivity index is 1.13. The van der Waals surface area contributed by atoms with E-state index in [9.17, 15) is 19.7 Å². The van der Waals surface area contributed by atoms with Gasteiger partial charge in [0.2, 0.25) is 11.8 Å². The molecule has 8 nitrogen and oxygen atoms in total. The lowest BCUT2D eigenvalue weighted by Gasteiger charge is -2.43. The highest BCUT2D eigenvalue weighted by molar-refractivity contribution is 6.43. The Morgan fingerprint density at radius 2 is 1.69 bits per heavy atom.